The van der Waals surface area contributed by atoms with Gasteiger partial charge in [0, 0.05) is 24.1 Å². The van der Waals surface area contributed by atoms with Crippen LogP contribution in [0.3, 0.4) is 0 Å². The Kier molecular flexibility index (Phi) is 8.81. The number of nitrogens with zero attached hydrogens (tertiary/aromatic N) is 1. The van der Waals surface area contributed by atoms with Crippen LogP contribution < -0.4 is 5.32 Å². The molecule has 1 saturated heterocycles. The molecule has 0 aromatic heterocycles. The first-order valence-corrected chi connectivity index (χ1v) is 12.6. The van der Waals surface area contributed by atoms with Gasteiger partial charge in [-0.15, -0.1) is 0 Å². The molecule has 170 valence electrons. The summed E-state index contributed by atoms with van der Waals surface area (Å²) in [5.41, 5.74) is 1.19. The highest BCUT2D eigenvalue weighted by molar-refractivity contribution is 7.98. The molecule has 6 nitrogen and oxygen atoms in total. The Bertz CT molecular complexity index is 757. The monoisotopic (exact) mass is 446 g/mol. The van der Waals surface area contributed by atoms with Gasteiger partial charge in [0.2, 0.25) is 11.8 Å². The zero-order valence-electron chi connectivity index (χ0n) is 18.5. The van der Waals surface area contributed by atoms with Gasteiger partial charge in [-0.05, 0) is 44.6 Å². The average molecular weight is 447 g/mol. The van der Waals surface area contributed by atoms with E-state index in [1.807, 2.05) is 23.1 Å². The molecule has 7 heteroatoms. The summed E-state index contributed by atoms with van der Waals surface area (Å²) in [5.74, 6) is 0.0416. The molecule has 1 unspecified atom stereocenters. The number of benzene rings is 1. The van der Waals surface area contributed by atoms with E-state index < -0.39 is 6.04 Å². The molecule has 1 aliphatic heterocycles. The van der Waals surface area contributed by atoms with Crippen LogP contribution in [0.1, 0.15) is 51.5 Å². The van der Waals surface area contributed by atoms with E-state index >= 15 is 0 Å². The number of esters is 1. The first kappa shape index (κ1) is 23.6. The van der Waals surface area contributed by atoms with Gasteiger partial charge >= 0.3 is 5.97 Å². The van der Waals surface area contributed by atoms with E-state index in [4.69, 9.17) is 4.74 Å². The highest BCUT2D eigenvalue weighted by atomic mass is 32.2. The van der Waals surface area contributed by atoms with Crippen LogP contribution in [0.25, 0.3) is 0 Å². The van der Waals surface area contributed by atoms with Crippen LogP contribution in [0.5, 0.6) is 0 Å². The number of carbonyl (C=O) groups is 3. The molecule has 1 aromatic rings. The summed E-state index contributed by atoms with van der Waals surface area (Å²) in [6, 6.07) is 9.79. The van der Waals surface area contributed by atoms with E-state index in [9.17, 15) is 14.4 Å². The highest BCUT2D eigenvalue weighted by Crippen LogP contribution is 2.39. The molecular weight excluding hydrogens is 412 g/mol. The minimum absolute atomic E-state index is 0.00814. The van der Waals surface area contributed by atoms with Crippen LogP contribution in [0.4, 0.5) is 0 Å². The van der Waals surface area contributed by atoms with E-state index in [1.165, 1.54) is 5.56 Å². The molecule has 1 heterocycles. The summed E-state index contributed by atoms with van der Waals surface area (Å²) < 4.78 is 5.04. The van der Waals surface area contributed by atoms with Gasteiger partial charge in [0.15, 0.2) is 0 Å². The van der Waals surface area contributed by atoms with E-state index in [2.05, 4.69) is 24.4 Å². The van der Waals surface area contributed by atoms with Crippen molar-refractivity contribution in [1.29, 1.82) is 0 Å². The van der Waals surface area contributed by atoms with Gasteiger partial charge in [0.05, 0.1) is 18.4 Å². The molecule has 0 bridgehead atoms. The number of nitrogens with one attached hydrogen (secondary N) is 1. The first-order chi connectivity index (χ1) is 15.0. The second-order valence-corrected chi connectivity index (χ2v) is 9.38. The molecule has 0 spiro atoms. The summed E-state index contributed by atoms with van der Waals surface area (Å²) >= 11 is 1.65. The number of carbonyl (C=O) groups excluding carboxylic acids is 3. The minimum Gasteiger partial charge on any atom is -0.466 e. The lowest BCUT2D eigenvalue weighted by Crippen LogP contribution is -2.54. The van der Waals surface area contributed by atoms with E-state index in [0.29, 0.717) is 18.8 Å². The van der Waals surface area contributed by atoms with Crippen molar-refractivity contribution in [1.82, 2.24) is 10.2 Å². The second kappa shape index (κ2) is 11.6. The van der Waals surface area contributed by atoms with Crippen LogP contribution in [-0.4, -0.2) is 53.7 Å². The maximum Gasteiger partial charge on any atom is 0.309 e. The first-order valence-electron chi connectivity index (χ1n) is 11.4. The normalized spacial score (nSPS) is 23.7. The number of hydrogen-bond acceptors (Lipinski definition) is 5. The quantitative estimate of drug-likeness (QED) is 0.558. The number of likely N-dealkylation sites (tertiary alicyclic amines) is 1. The number of thioether (sulfide) groups is 1. The Hall–Kier alpha value is -2.02. The number of rotatable bonds is 10. The fourth-order valence-electron chi connectivity index (χ4n) is 4.23. The summed E-state index contributed by atoms with van der Waals surface area (Å²) in [5, 5.41) is 2.98. The van der Waals surface area contributed by atoms with Gasteiger partial charge in [-0.3, -0.25) is 14.4 Å². The fourth-order valence-corrected chi connectivity index (χ4v) is 5.24. The lowest BCUT2D eigenvalue weighted by Gasteiger charge is -2.37. The highest BCUT2D eigenvalue weighted by Gasteiger charge is 2.50. The standard InChI is InChI=1S/C24H34N2O4S/c1-3-18-12-8-9-13-26(18)23(28)21(16-31-15-17-10-6-5-7-11-17)25-22(27)19-14-20(19)24(29)30-4-2/h5-7,10-11,18-21H,3-4,8-9,12-16H2,1-2H3,(H,25,27)/t18?,19-,20-,21-/m0/s1. The Morgan fingerprint density at radius 3 is 2.65 bits per heavy atom. The molecule has 1 aromatic carbocycles. The molecule has 0 radical (unpaired) electrons. The molecule has 1 aliphatic carbocycles. The van der Waals surface area contributed by atoms with Crippen molar-refractivity contribution >= 4 is 29.5 Å². The van der Waals surface area contributed by atoms with Crippen molar-refractivity contribution in [2.24, 2.45) is 11.8 Å². The lowest BCUT2D eigenvalue weighted by atomic mass is 9.99. The van der Waals surface area contributed by atoms with Crippen molar-refractivity contribution in [2.45, 2.75) is 63.8 Å². The summed E-state index contributed by atoms with van der Waals surface area (Å²) in [6.07, 6.45) is 4.60. The maximum atomic E-state index is 13.4. The smallest absolute Gasteiger partial charge is 0.309 e. The molecule has 31 heavy (non-hydrogen) atoms. The van der Waals surface area contributed by atoms with Gasteiger partial charge in [-0.2, -0.15) is 11.8 Å². The Labute approximate surface area is 189 Å². The Balaban J connectivity index is 1.62. The summed E-state index contributed by atoms with van der Waals surface area (Å²) in [7, 11) is 0. The van der Waals surface area contributed by atoms with Crippen LogP contribution >= 0.6 is 11.8 Å². The second-order valence-electron chi connectivity index (χ2n) is 8.35. The lowest BCUT2D eigenvalue weighted by molar-refractivity contribution is -0.146. The summed E-state index contributed by atoms with van der Waals surface area (Å²) in [4.78, 5) is 40.1. The molecular formula is C24H34N2O4S. The third-order valence-corrected chi connectivity index (χ3v) is 7.22. The van der Waals surface area contributed by atoms with Gasteiger partial charge < -0.3 is 15.0 Å². The molecule has 1 saturated carbocycles. The number of piperidine rings is 1. The maximum absolute atomic E-state index is 13.4. The van der Waals surface area contributed by atoms with Crippen molar-refractivity contribution in [3.8, 4) is 0 Å². The predicted molar refractivity (Wildman–Crippen MR) is 122 cm³/mol. The third kappa shape index (κ3) is 6.48. The van der Waals surface area contributed by atoms with Gasteiger partial charge in [-0.25, -0.2) is 0 Å². The minimum atomic E-state index is -0.572. The number of ether oxygens (including phenoxy) is 1. The van der Waals surface area contributed by atoms with Gasteiger partial charge in [-0.1, -0.05) is 37.3 Å². The van der Waals surface area contributed by atoms with Crippen molar-refractivity contribution in [3.05, 3.63) is 35.9 Å². The predicted octanol–water partition coefficient (Wildman–Crippen LogP) is 3.39. The zero-order chi connectivity index (χ0) is 22.2. The molecule has 1 N–H and O–H groups in total. The van der Waals surface area contributed by atoms with Crippen LogP contribution in [-0.2, 0) is 24.9 Å². The Morgan fingerprint density at radius 1 is 1.16 bits per heavy atom. The molecule has 2 fully saturated rings. The van der Waals surface area contributed by atoms with Gasteiger partial charge in [0.1, 0.15) is 6.04 Å². The molecule has 4 atom stereocenters. The topological polar surface area (TPSA) is 75.7 Å². The van der Waals surface area contributed by atoms with Crippen molar-refractivity contribution in [3.63, 3.8) is 0 Å². The fraction of sp³-hybridized carbons (Fsp3) is 0.625. The van der Waals surface area contributed by atoms with E-state index in [1.54, 1.807) is 18.7 Å². The van der Waals surface area contributed by atoms with E-state index in [-0.39, 0.29) is 35.7 Å². The van der Waals surface area contributed by atoms with Crippen LogP contribution in [0, 0.1) is 11.8 Å². The average Bonchev–Trinajstić information content (AvgIpc) is 3.60. The third-order valence-electron chi connectivity index (χ3n) is 6.11. The van der Waals surface area contributed by atoms with Gasteiger partial charge in [0.25, 0.3) is 0 Å². The number of hydrogen-bond donors (Lipinski definition) is 1. The molecule has 2 aliphatic rings. The zero-order valence-corrected chi connectivity index (χ0v) is 19.4. The van der Waals surface area contributed by atoms with Crippen molar-refractivity contribution in [2.75, 3.05) is 18.9 Å². The van der Waals surface area contributed by atoms with Crippen LogP contribution in [0.15, 0.2) is 30.3 Å². The molecule has 2 amide bonds. The van der Waals surface area contributed by atoms with E-state index in [0.717, 1.165) is 38.0 Å². The molecule has 3 rings (SSSR count). The van der Waals surface area contributed by atoms with Crippen molar-refractivity contribution < 1.29 is 19.1 Å². The SMILES string of the molecule is CCOC(=O)[C@H]1C[C@@H]1C(=O)N[C@@H](CSCc1ccccc1)C(=O)N1CCCCC1CC. The Morgan fingerprint density at radius 2 is 1.94 bits per heavy atom. The summed E-state index contributed by atoms with van der Waals surface area (Å²) in [6.45, 7) is 4.94. The largest absolute Gasteiger partial charge is 0.466 e. The number of amides is 2. The van der Waals surface area contributed by atoms with Crippen LogP contribution in [0.2, 0.25) is 0 Å².